The van der Waals surface area contributed by atoms with E-state index in [4.69, 9.17) is 0 Å². The molecule has 0 nitrogen and oxygen atoms in total. The van der Waals surface area contributed by atoms with Gasteiger partial charge >= 0.3 is 0 Å². The first-order valence-corrected chi connectivity index (χ1v) is 12.5. The molecule has 0 saturated heterocycles. The van der Waals surface area contributed by atoms with Gasteiger partial charge < -0.3 is 0 Å². The van der Waals surface area contributed by atoms with Crippen LogP contribution in [-0.4, -0.2) is 0 Å². The summed E-state index contributed by atoms with van der Waals surface area (Å²) < 4.78 is 0. The zero-order chi connectivity index (χ0) is 22.5. The highest BCUT2D eigenvalue weighted by Crippen LogP contribution is 2.44. The Balaban J connectivity index is 0.000000155. The normalized spacial score (nSPS) is 15.8. The van der Waals surface area contributed by atoms with E-state index in [1.165, 1.54) is 77.5 Å². The summed E-state index contributed by atoms with van der Waals surface area (Å²) in [6.45, 7) is 10.8. The summed E-state index contributed by atoms with van der Waals surface area (Å²) in [4.78, 5) is 0. The maximum Gasteiger partial charge on any atom is -0.0149 e. The van der Waals surface area contributed by atoms with Gasteiger partial charge in [-0.2, -0.15) is 0 Å². The van der Waals surface area contributed by atoms with Crippen LogP contribution in [0.25, 0.3) is 16.7 Å². The molecule has 0 aromatic heterocycles. The summed E-state index contributed by atoms with van der Waals surface area (Å²) in [5.74, 6) is 1.56. The van der Waals surface area contributed by atoms with E-state index in [1.807, 2.05) is 0 Å². The topological polar surface area (TPSA) is 0 Å². The minimum absolute atomic E-state index is 0.743. The summed E-state index contributed by atoms with van der Waals surface area (Å²) in [6.07, 6.45) is 9.29. The van der Waals surface area contributed by atoms with Crippen LogP contribution in [0.15, 0.2) is 73.3 Å². The highest BCUT2D eigenvalue weighted by molar-refractivity contribution is 5.69. The molecule has 0 heteroatoms. The van der Waals surface area contributed by atoms with Crippen LogP contribution >= 0.6 is 0 Å². The zero-order valence-electron chi connectivity index (χ0n) is 20.2. The fourth-order valence-corrected chi connectivity index (χ4v) is 4.92. The molecule has 3 aromatic carbocycles. The van der Waals surface area contributed by atoms with Crippen molar-refractivity contribution in [3.8, 4) is 11.1 Å². The number of allylic oxidation sites excluding steroid dienone is 1. The van der Waals surface area contributed by atoms with Crippen LogP contribution in [0.3, 0.4) is 0 Å². The number of hydrogen-bond donors (Lipinski definition) is 0. The van der Waals surface area contributed by atoms with Crippen molar-refractivity contribution in [2.24, 2.45) is 5.92 Å². The van der Waals surface area contributed by atoms with Gasteiger partial charge in [0.05, 0.1) is 0 Å². The van der Waals surface area contributed by atoms with Gasteiger partial charge in [0.1, 0.15) is 0 Å². The third kappa shape index (κ3) is 5.41. The van der Waals surface area contributed by atoms with Crippen molar-refractivity contribution in [1.29, 1.82) is 0 Å². The maximum absolute atomic E-state index is 4.28. The number of rotatable bonds is 5. The first-order valence-electron chi connectivity index (χ1n) is 12.5. The van der Waals surface area contributed by atoms with Gasteiger partial charge in [0.25, 0.3) is 0 Å². The molecule has 0 unspecified atom stereocenters. The van der Waals surface area contributed by atoms with E-state index < -0.39 is 0 Å². The van der Waals surface area contributed by atoms with Crippen molar-refractivity contribution in [2.75, 3.05) is 0 Å². The van der Waals surface area contributed by atoms with Crippen molar-refractivity contribution < 1.29 is 0 Å². The van der Waals surface area contributed by atoms with Crippen LogP contribution in [0, 0.1) is 19.8 Å². The van der Waals surface area contributed by atoms with Crippen LogP contribution in [0.2, 0.25) is 0 Å². The van der Waals surface area contributed by atoms with Gasteiger partial charge in [-0.25, -0.2) is 0 Å². The van der Waals surface area contributed by atoms with Crippen LogP contribution < -0.4 is 0 Å². The lowest BCUT2D eigenvalue weighted by atomic mass is 9.91. The first-order chi connectivity index (χ1) is 15.6. The molecule has 0 amide bonds. The van der Waals surface area contributed by atoms with E-state index in [2.05, 4.69) is 94.1 Å². The average molecular weight is 423 g/mol. The van der Waals surface area contributed by atoms with Crippen molar-refractivity contribution in [3.05, 3.63) is 101 Å². The van der Waals surface area contributed by atoms with Gasteiger partial charge in [-0.05, 0) is 102 Å². The fourth-order valence-electron chi connectivity index (χ4n) is 4.92. The minimum atomic E-state index is 0.743. The molecule has 0 heterocycles. The van der Waals surface area contributed by atoms with E-state index in [0.29, 0.717) is 0 Å². The van der Waals surface area contributed by atoms with Crippen LogP contribution in [-0.2, 0) is 6.42 Å². The van der Waals surface area contributed by atoms with Crippen LogP contribution in [0.5, 0.6) is 0 Å². The Hall–Kier alpha value is -2.60. The monoisotopic (exact) mass is 422 g/mol. The van der Waals surface area contributed by atoms with E-state index in [0.717, 1.165) is 18.3 Å². The molecule has 2 aliphatic rings. The molecule has 2 saturated carbocycles. The Morgan fingerprint density at radius 3 is 2.25 bits per heavy atom. The molecule has 0 N–H and O–H groups in total. The van der Waals surface area contributed by atoms with Gasteiger partial charge in [-0.1, -0.05) is 93.1 Å². The minimum Gasteiger partial charge on any atom is -0.0950 e. The Kier molecular flexibility index (Phi) is 7.30. The molecule has 5 rings (SSSR count). The van der Waals surface area contributed by atoms with Crippen LogP contribution in [0.4, 0.5) is 0 Å². The first kappa shape index (κ1) is 22.6. The largest absolute Gasteiger partial charge is 0.0950 e. The van der Waals surface area contributed by atoms with Gasteiger partial charge in [0, 0.05) is 0 Å². The summed E-state index contributed by atoms with van der Waals surface area (Å²) in [5.41, 5.74) is 11.2. The molecule has 2 aliphatic carbocycles. The van der Waals surface area contributed by atoms with E-state index in [1.54, 1.807) is 5.56 Å². The summed E-state index contributed by atoms with van der Waals surface area (Å²) in [7, 11) is 0. The molecular weight excluding hydrogens is 384 g/mol. The molecule has 0 bridgehead atoms. The molecule has 0 spiro atoms. The second kappa shape index (κ2) is 10.3. The molecule has 0 atom stereocenters. The van der Waals surface area contributed by atoms with E-state index in [-0.39, 0.29) is 0 Å². The predicted molar refractivity (Wildman–Crippen MR) is 140 cm³/mol. The van der Waals surface area contributed by atoms with Crippen molar-refractivity contribution in [2.45, 2.75) is 71.6 Å². The second-order valence-electron chi connectivity index (χ2n) is 9.72. The van der Waals surface area contributed by atoms with E-state index in [9.17, 15) is 0 Å². The molecule has 3 aromatic rings. The molecule has 166 valence electrons. The lowest BCUT2D eigenvalue weighted by molar-refractivity contribution is 0.707. The molecular formula is C32H38. The van der Waals surface area contributed by atoms with Crippen molar-refractivity contribution >= 4 is 5.57 Å². The van der Waals surface area contributed by atoms with Gasteiger partial charge in [-0.15, -0.1) is 0 Å². The molecule has 32 heavy (non-hydrogen) atoms. The SMILES string of the molecule is C=C(c1ccc(C)c(C)c1)C1CCCC1.CCc1cccc(-c2ccccc2C2CC2)c1. The van der Waals surface area contributed by atoms with E-state index >= 15 is 0 Å². The summed E-state index contributed by atoms with van der Waals surface area (Å²) in [6, 6.07) is 24.6. The lowest BCUT2D eigenvalue weighted by Gasteiger charge is -2.14. The third-order valence-electron chi connectivity index (χ3n) is 7.35. The quantitative estimate of drug-likeness (QED) is 0.384. The maximum atomic E-state index is 4.28. The highest BCUT2D eigenvalue weighted by atomic mass is 14.3. The van der Waals surface area contributed by atoms with Crippen molar-refractivity contribution in [3.63, 3.8) is 0 Å². The standard InChI is InChI=1S/C17H18.C15H20/c1-2-13-6-5-7-15(12-13)17-9-4-3-8-16(17)14-10-11-14;1-11-8-9-15(10-12(11)2)13(3)14-6-4-5-7-14/h3-9,12,14H,2,10-11H2,1H3;8-10,14H,3-7H2,1-2H3. The molecule has 2 fully saturated rings. The fraction of sp³-hybridized carbons (Fsp3) is 0.375. The Labute approximate surface area is 195 Å². The Bertz CT molecular complexity index is 1060. The average Bonchev–Trinajstić information content (AvgIpc) is 3.54. The van der Waals surface area contributed by atoms with Crippen molar-refractivity contribution in [1.82, 2.24) is 0 Å². The highest BCUT2D eigenvalue weighted by Gasteiger charge is 2.25. The summed E-state index contributed by atoms with van der Waals surface area (Å²) in [5, 5.41) is 0. The van der Waals surface area contributed by atoms with Gasteiger partial charge in [0.15, 0.2) is 0 Å². The smallest absolute Gasteiger partial charge is 0.0149 e. The number of benzene rings is 3. The molecule has 0 aliphatic heterocycles. The van der Waals surface area contributed by atoms with Crippen LogP contribution in [0.1, 0.15) is 79.2 Å². The number of hydrogen-bond acceptors (Lipinski definition) is 0. The second-order valence-corrected chi connectivity index (χ2v) is 9.72. The lowest BCUT2D eigenvalue weighted by Crippen LogP contribution is -1.97. The third-order valence-corrected chi connectivity index (χ3v) is 7.35. The van der Waals surface area contributed by atoms with Gasteiger partial charge in [-0.3, -0.25) is 0 Å². The predicted octanol–water partition coefficient (Wildman–Crippen LogP) is 9.30. The molecule has 0 radical (unpaired) electrons. The number of aryl methyl sites for hydroxylation is 3. The summed E-state index contributed by atoms with van der Waals surface area (Å²) >= 11 is 0. The zero-order valence-corrected chi connectivity index (χ0v) is 20.2. The Morgan fingerprint density at radius 1 is 0.812 bits per heavy atom. The Morgan fingerprint density at radius 2 is 1.56 bits per heavy atom. The van der Waals surface area contributed by atoms with Gasteiger partial charge in [0.2, 0.25) is 0 Å².